The Morgan fingerprint density at radius 1 is 1.19 bits per heavy atom. The van der Waals surface area contributed by atoms with Crippen LogP contribution in [0.5, 0.6) is 0 Å². The average molecular weight is 307 g/mol. The fraction of sp³-hybridized carbons (Fsp3) is 0.667. The van der Waals surface area contributed by atoms with Gasteiger partial charge in [-0.25, -0.2) is 4.39 Å². The monoisotopic (exact) mass is 307 g/mol. The van der Waals surface area contributed by atoms with Gasteiger partial charge < -0.3 is 5.32 Å². The molecule has 3 heteroatoms. The van der Waals surface area contributed by atoms with E-state index in [1.165, 1.54) is 31.2 Å². The Labute approximate surface area is 132 Å². The normalized spacial score (nSPS) is 29.4. The summed E-state index contributed by atoms with van der Waals surface area (Å²) in [6, 6.07) is 6.49. The van der Waals surface area contributed by atoms with E-state index in [0.29, 0.717) is 12.1 Å². The third-order valence-corrected chi connectivity index (χ3v) is 6.28. The van der Waals surface area contributed by atoms with Gasteiger partial charge in [0, 0.05) is 17.0 Å². The highest BCUT2D eigenvalue weighted by Gasteiger charge is 2.31. The van der Waals surface area contributed by atoms with E-state index in [-0.39, 0.29) is 5.82 Å². The molecule has 0 bridgehead atoms. The summed E-state index contributed by atoms with van der Waals surface area (Å²) in [4.78, 5) is 0.873. The van der Waals surface area contributed by atoms with E-state index >= 15 is 0 Å². The van der Waals surface area contributed by atoms with E-state index in [1.54, 1.807) is 17.8 Å². The Bertz CT molecular complexity index is 488. The molecule has 1 aliphatic heterocycles. The lowest BCUT2D eigenvalue weighted by atomic mass is 9.77. The first-order valence-electron chi connectivity index (χ1n) is 8.34. The highest BCUT2D eigenvalue weighted by atomic mass is 32.2. The van der Waals surface area contributed by atoms with Gasteiger partial charge in [0.15, 0.2) is 0 Å². The second kappa shape index (κ2) is 6.70. The van der Waals surface area contributed by atoms with E-state index in [1.807, 2.05) is 6.07 Å². The lowest BCUT2D eigenvalue weighted by molar-refractivity contribution is 0.190. The highest BCUT2D eigenvalue weighted by Crippen LogP contribution is 2.39. The molecule has 0 radical (unpaired) electrons. The fourth-order valence-corrected chi connectivity index (χ4v) is 5.12. The number of hydrogen-bond acceptors (Lipinski definition) is 2. The highest BCUT2D eigenvalue weighted by molar-refractivity contribution is 7.99. The zero-order valence-electron chi connectivity index (χ0n) is 13.1. The van der Waals surface area contributed by atoms with Crippen LogP contribution in [0, 0.1) is 17.7 Å². The van der Waals surface area contributed by atoms with E-state index < -0.39 is 0 Å². The average Bonchev–Trinajstić information content (AvgIpc) is 2.49. The van der Waals surface area contributed by atoms with Crippen molar-refractivity contribution in [1.82, 2.24) is 5.32 Å². The van der Waals surface area contributed by atoms with Crippen molar-refractivity contribution in [3.05, 3.63) is 29.6 Å². The summed E-state index contributed by atoms with van der Waals surface area (Å²) in [7, 11) is 0. The number of rotatable bonds is 3. The molecule has 0 spiro atoms. The smallest absolute Gasteiger partial charge is 0.137 e. The second-order valence-corrected chi connectivity index (χ2v) is 7.92. The van der Waals surface area contributed by atoms with Gasteiger partial charge in [-0.05, 0) is 48.5 Å². The quantitative estimate of drug-likeness (QED) is 0.827. The van der Waals surface area contributed by atoms with Crippen molar-refractivity contribution in [3.8, 4) is 0 Å². The van der Waals surface area contributed by atoms with Gasteiger partial charge in [-0.15, -0.1) is 11.8 Å². The molecule has 116 valence electrons. The predicted octanol–water partition coefficient (Wildman–Crippen LogP) is 5.17. The summed E-state index contributed by atoms with van der Waals surface area (Å²) >= 11 is 1.67. The lowest BCUT2D eigenvalue weighted by Gasteiger charge is -2.39. The first-order valence-corrected chi connectivity index (χ1v) is 9.32. The molecule has 1 aromatic carbocycles. The second-order valence-electron chi connectivity index (χ2n) is 6.81. The van der Waals surface area contributed by atoms with Gasteiger partial charge >= 0.3 is 0 Å². The minimum atomic E-state index is -0.0481. The van der Waals surface area contributed by atoms with Gasteiger partial charge in [-0.2, -0.15) is 0 Å². The minimum absolute atomic E-state index is 0.0481. The Morgan fingerprint density at radius 2 is 2.00 bits per heavy atom. The van der Waals surface area contributed by atoms with Gasteiger partial charge in [0.25, 0.3) is 0 Å². The predicted molar refractivity (Wildman–Crippen MR) is 88.2 cm³/mol. The Kier molecular flexibility index (Phi) is 4.90. The molecule has 3 rings (SSSR count). The zero-order chi connectivity index (χ0) is 14.8. The van der Waals surface area contributed by atoms with Crippen LogP contribution in [0.1, 0.15) is 57.6 Å². The van der Waals surface area contributed by atoms with Crippen LogP contribution in [0.3, 0.4) is 0 Å². The summed E-state index contributed by atoms with van der Waals surface area (Å²) in [6.07, 6.45) is 6.43. The molecule has 1 N–H and O–H groups in total. The first-order chi connectivity index (χ1) is 10.2. The molecule has 0 saturated heterocycles. The van der Waals surface area contributed by atoms with Crippen molar-refractivity contribution in [2.75, 3.05) is 5.75 Å². The zero-order valence-corrected chi connectivity index (χ0v) is 13.9. The fourth-order valence-electron chi connectivity index (χ4n) is 3.98. The van der Waals surface area contributed by atoms with Crippen LogP contribution >= 0.6 is 11.8 Å². The van der Waals surface area contributed by atoms with Crippen molar-refractivity contribution in [1.29, 1.82) is 0 Å². The number of thioether (sulfide) groups is 1. The maximum atomic E-state index is 14.0. The number of benzene rings is 1. The van der Waals surface area contributed by atoms with Crippen LogP contribution in [0.15, 0.2) is 23.1 Å². The van der Waals surface area contributed by atoms with Gasteiger partial charge in [0.05, 0.1) is 0 Å². The molecule has 1 fully saturated rings. The summed E-state index contributed by atoms with van der Waals surface area (Å²) < 4.78 is 14.0. The van der Waals surface area contributed by atoms with Crippen LogP contribution in [0.25, 0.3) is 0 Å². The SMILES string of the molecule is CC(C)C1CCCCC1NC1CCSc2c(F)cccc21. The maximum absolute atomic E-state index is 14.0. The molecule has 0 amide bonds. The summed E-state index contributed by atoms with van der Waals surface area (Å²) in [5.74, 6) is 2.47. The van der Waals surface area contributed by atoms with Crippen LogP contribution in [-0.4, -0.2) is 11.8 Å². The topological polar surface area (TPSA) is 12.0 Å². The molecule has 1 aliphatic carbocycles. The number of hydrogen-bond donors (Lipinski definition) is 1. The summed E-state index contributed by atoms with van der Waals surface area (Å²) in [5, 5.41) is 3.89. The van der Waals surface area contributed by atoms with Crippen LogP contribution in [0.2, 0.25) is 0 Å². The summed E-state index contributed by atoms with van der Waals surface area (Å²) in [5.41, 5.74) is 1.18. The van der Waals surface area contributed by atoms with Crippen molar-refractivity contribution >= 4 is 11.8 Å². The van der Waals surface area contributed by atoms with Crippen LogP contribution < -0.4 is 5.32 Å². The van der Waals surface area contributed by atoms with E-state index in [4.69, 9.17) is 0 Å². The van der Waals surface area contributed by atoms with Crippen LogP contribution in [-0.2, 0) is 0 Å². The van der Waals surface area contributed by atoms with Gasteiger partial charge in [-0.1, -0.05) is 38.8 Å². The van der Waals surface area contributed by atoms with E-state index in [2.05, 4.69) is 25.2 Å². The number of fused-ring (bicyclic) bond motifs is 1. The molecule has 1 aromatic rings. The minimum Gasteiger partial charge on any atom is -0.307 e. The first kappa shape index (κ1) is 15.4. The van der Waals surface area contributed by atoms with Crippen molar-refractivity contribution in [2.24, 2.45) is 11.8 Å². The third-order valence-electron chi connectivity index (χ3n) is 5.12. The van der Waals surface area contributed by atoms with Crippen molar-refractivity contribution in [2.45, 2.75) is 62.9 Å². The van der Waals surface area contributed by atoms with Gasteiger partial charge in [0.2, 0.25) is 0 Å². The molecular weight excluding hydrogens is 281 g/mol. The molecule has 1 nitrogen and oxygen atoms in total. The standard InChI is InChI=1S/C18H26FNS/c1-12(2)13-6-3-4-9-16(13)20-17-10-11-21-18-14(17)7-5-8-15(18)19/h5,7-8,12-13,16-17,20H,3-4,6,9-11H2,1-2H3. The van der Waals surface area contributed by atoms with Crippen molar-refractivity contribution < 1.29 is 4.39 Å². The van der Waals surface area contributed by atoms with Crippen LogP contribution in [0.4, 0.5) is 4.39 Å². The molecule has 1 heterocycles. The molecule has 2 aliphatic rings. The largest absolute Gasteiger partial charge is 0.307 e. The number of nitrogens with one attached hydrogen (secondary N) is 1. The van der Waals surface area contributed by atoms with E-state index in [9.17, 15) is 4.39 Å². The molecule has 21 heavy (non-hydrogen) atoms. The van der Waals surface area contributed by atoms with Gasteiger partial charge in [0.1, 0.15) is 5.82 Å². The maximum Gasteiger partial charge on any atom is 0.137 e. The molecule has 1 saturated carbocycles. The van der Waals surface area contributed by atoms with Gasteiger partial charge in [-0.3, -0.25) is 0 Å². The Morgan fingerprint density at radius 3 is 2.81 bits per heavy atom. The Hall–Kier alpha value is -0.540. The van der Waals surface area contributed by atoms with Crippen molar-refractivity contribution in [3.63, 3.8) is 0 Å². The molecule has 0 aromatic heterocycles. The number of halogens is 1. The van der Waals surface area contributed by atoms with E-state index in [0.717, 1.165) is 28.9 Å². The third kappa shape index (κ3) is 3.29. The molecule has 3 atom stereocenters. The molecular formula is C18H26FNS. The molecule has 3 unspecified atom stereocenters. The summed E-state index contributed by atoms with van der Waals surface area (Å²) in [6.45, 7) is 4.68. The lowest BCUT2D eigenvalue weighted by Crippen LogP contribution is -2.43. The Balaban J connectivity index is 1.78.